The molecule has 1 aliphatic rings. The van der Waals surface area contributed by atoms with Crippen LogP contribution in [0.3, 0.4) is 0 Å². The summed E-state index contributed by atoms with van der Waals surface area (Å²) in [4.78, 5) is 11.6. The highest BCUT2D eigenvalue weighted by Gasteiger charge is 2.27. The zero-order valence-corrected chi connectivity index (χ0v) is 10.6. The molecule has 2 rings (SSSR count). The first-order chi connectivity index (χ1) is 8.04. The van der Waals surface area contributed by atoms with E-state index >= 15 is 0 Å². The van der Waals surface area contributed by atoms with E-state index in [1.165, 1.54) is 0 Å². The maximum Gasteiger partial charge on any atom is 0.319 e. The summed E-state index contributed by atoms with van der Waals surface area (Å²) in [7, 11) is 0. The molecule has 1 aromatic carbocycles. The monoisotopic (exact) mass is 273 g/mol. The van der Waals surface area contributed by atoms with Gasteiger partial charge in [0.05, 0.1) is 10.0 Å². The molecule has 0 spiro atoms. The Kier molecular flexibility index (Phi) is 3.76. The second-order valence-corrected chi connectivity index (χ2v) is 4.97. The van der Waals surface area contributed by atoms with E-state index in [9.17, 15) is 4.79 Å². The van der Waals surface area contributed by atoms with Crippen LogP contribution in [0, 0.1) is 0 Å². The minimum Gasteiger partial charge on any atom is -0.335 e. The third-order valence-corrected chi connectivity index (χ3v) is 3.43. The molecule has 0 aliphatic heterocycles. The maximum atomic E-state index is 11.6. The molecule has 2 amide bonds. The molecule has 1 aliphatic carbocycles. The summed E-state index contributed by atoms with van der Waals surface area (Å²) in [5, 5.41) is 6.39. The average Bonchev–Trinajstić information content (AvgIpc) is 2.21. The van der Waals surface area contributed by atoms with Crippen molar-refractivity contribution in [1.29, 1.82) is 0 Å². The number of nitrogens with one attached hydrogen (secondary N) is 2. The summed E-state index contributed by atoms with van der Waals surface area (Å²) < 4.78 is 0. The minimum atomic E-state index is -0.250. The first-order valence-electron chi connectivity index (χ1n) is 5.33. The number of hydrogen-bond donors (Lipinski definition) is 3. The van der Waals surface area contributed by atoms with Crippen LogP contribution < -0.4 is 16.4 Å². The molecule has 0 radical (unpaired) electrons. The summed E-state index contributed by atoms with van der Waals surface area (Å²) in [6.45, 7) is 0. The van der Waals surface area contributed by atoms with Gasteiger partial charge in [0, 0.05) is 17.8 Å². The Morgan fingerprint density at radius 3 is 2.59 bits per heavy atom. The number of nitrogens with two attached hydrogens (primary N) is 1. The fourth-order valence-corrected chi connectivity index (χ4v) is 2.00. The van der Waals surface area contributed by atoms with Gasteiger partial charge in [-0.15, -0.1) is 0 Å². The van der Waals surface area contributed by atoms with Gasteiger partial charge in [-0.25, -0.2) is 4.79 Å². The van der Waals surface area contributed by atoms with Crippen LogP contribution in [0.4, 0.5) is 10.5 Å². The van der Waals surface area contributed by atoms with Crippen molar-refractivity contribution in [1.82, 2.24) is 5.32 Å². The van der Waals surface area contributed by atoms with Gasteiger partial charge in [0.25, 0.3) is 0 Å². The maximum absolute atomic E-state index is 11.6. The molecule has 1 saturated carbocycles. The molecule has 1 aromatic rings. The number of urea groups is 1. The van der Waals surface area contributed by atoms with Gasteiger partial charge in [-0.2, -0.15) is 0 Å². The Hall–Kier alpha value is -0.970. The van der Waals surface area contributed by atoms with Gasteiger partial charge in [0.15, 0.2) is 0 Å². The summed E-state index contributed by atoms with van der Waals surface area (Å²) in [5.74, 6) is 0. The molecule has 6 heteroatoms. The number of rotatable bonds is 2. The van der Waals surface area contributed by atoms with Crippen molar-refractivity contribution >= 4 is 34.9 Å². The van der Waals surface area contributed by atoms with Crippen LogP contribution in [0.5, 0.6) is 0 Å². The van der Waals surface area contributed by atoms with E-state index in [4.69, 9.17) is 28.9 Å². The smallest absolute Gasteiger partial charge is 0.319 e. The fourth-order valence-electron chi connectivity index (χ4n) is 1.71. The van der Waals surface area contributed by atoms with E-state index in [2.05, 4.69) is 10.6 Å². The molecule has 0 heterocycles. The third-order valence-electron chi connectivity index (χ3n) is 2.69. The molecule has 92 valence electrons. The number of carbonyl (C=O) groups excluding carboxylic acids is 1. The predicted molar refractivity (Wildman–Crippen MR) is 69.6 cm³/mol. The van der Waals surface area contributed by atoms with Crippen LogP contribution in [0.2, 0.25) is 10.0 Å². The van der Waals surface area contributed by atoms with Gasteiger partial charge >= 0.3 is 6.03 Å². The van der Waals surface area contributed by atoms with E-state index in [-0.39, 0.29) is 18.1 Å². The average molecular weight is 274 g/mol. The van der Waals surface area contributed by atoms with Gasteiger partial charge in [0.2, 0.25) is 0 Å². The van der Waals surface area contributed by atoms with Gasteiger partial charge in [-0.1, -0.05) is 23.2 Å². The van der Waals surface area contributed by atoms with Crippen molar-refractivity contribution < 1.29 is 4.79 Å². The predicted octanol–water partition coefficient (Wildman–Crippen LogP) is 2.60. The van der Waals surface area contributed by atoms with E-state index in [0.29, 0.717) is 15.7 Å². The Morgan fingerprint density at radius 1 is 1.29 bits per heavy atom. The first-order valence-corrected chi connectivity index (χ1v) is 6.08. The molecule has 0 aromatic heterocycles. The zero-order chi connectivity index (χ0) is 12.4. The Balaban J connectivity index is 1.87. The SMILES string of the molecule is NC1CC(NC(=O)Nc2ccc(Cl)c(Cl)c2)C1. The normalized spacial score (nSPS) is 22.8. The lowest BCUT2D eigenvalue weighted by Crippen LogP contribution is -2.51. The summed E-state index contributed by atoms with van der Waals surface area (Å²) >= 11 is 11.6. The molecule has 0 atom stereocenters. The second kappa shape index (κ2) is 5.12. The third kappa shape index (κ3) is 3.25. The van der Waals surface area contributed by atoms with Gasteiger partial charge in [0.1, 0.15) is 0 Å². The number of carbonyl (C=O) groups is 1. The van der Waals surface area contributed by atoms with Crippen LogP contribution in [0.25, 0.3) is 0 Å². The Bertz CT molecular complexity index is 433. The van der Waals surface area contributed by atoms with Crippen molar-refractivity contribution in [2.75, 3.05) is 5.32 Å². The van der Waals surface area contributed by atoms with E-state index in [0.717, 1.165) is 12.8 Å². The molecule has 0 unspecified atom stereocenters. The summed E-state index contributed by atoms with van der Waals surface area (Å²) in [5.41, 5.74) is 6.24. The van der Waals surface area contributed by atoms with Gasteiger partial charge in [-0.3, -0.25) is 0 Å². The molecule has 0 saturated heterocycles. The van der Waals surface area contributed by atoms with Crippen LogP contribution in [-0.2, 0) is 0 Å². The van der Waals surface area contributed by atoms with Crippen molar-refractivity contribution in [3.8, 4) is 0 Å². The number of hydrogen-bond acceptors (Lipinski definition) is 2. The Labute approximate surface area is 109 Å². The molecular formula is C11H13Cl2N3O. The lowest BCUT2D eigenvalue weighted by molar-refractivity contribution is 0.234. The van der Waals surface area contributed by atoms with Gasteiger partial charge < -0.3 is 16.4 Å². The molecule has 1 fully saturated rings. The summed E-state index contributed by atoms with van der Waals surface area (Å²) in [6.07, 6.45) is 1.66. The zero-order valence-electron chi connectivity index (χ0n) is 9.04. The second-order valence-electron chi connectivity index (χ2n) is 4.16. The molecule has 0 bridgehead atoms. The molecule has 17 heavy (non-hydrogen) atoms. The number of amides is 2. The van der Waals surface area contributed by atoms with Crippen LogP contribution in [0.1, 0.15) is 12.8 Å². The lowest BCUT2D eigenvalue weighted by atomic mass is 9.88. The van der Waals surface area contributed by atoms with Crippen molar-refractivity contribution in [2.45, 2.75) is 24.9 Å². The lowest BCUT2D eigenvalue weighted by Gasteiger charge is -2.32. The highest BCUT2D eigenvalue weighted by Crippen LogP contribution is 2.25. The number of benzene rings is 1. The molecule has 4 nitrogen and oxygen atoms in total. The topological polar surface area (TPSA) is 67.1 Å². The van der Waals surface area contributed by atoms with Crippen LogP contribution >= 0.6 is 23.2 Å². The Morgan fingerprint density at radius 2 is 2.00 bits per heavy atom. The van der Waals surface area contributed by atoms with E-state index in [1.54, 1.807) is 18.2 Å². The highest BCUT2D eigenvalue weighted by atomic mass is 35.5. The number of anilines is 1. The van der Waals surface area contributed by atoms with Crippen molar-refractivity contribution in [2.24, 2.45) is 5.73 Å². The molecule has 4 N–H and O–H groups in total. The summed E-state index contributed by atoms with van der Waals surface area (Å²) in [6, 6.07) is 5.08. The van der Waals surface area contributed by atoms with E-state index in [1.807, 2.05) is 0 Å². The first kappa shape index (κ1) is 12.5. The number of halogens is 2. The van der Waals surface area contributed by atoms with Crippen LogP contribution in [0.15, 0.2) is 18.2 Å². The van der Waals surface area contributed by atoms with Crippen molar-refractivity contribution in [3.63, 3.8) is 0 Å². The largest absolute Gasteiger partial charge is 0.335 e. The quantitative estimate of drug-likeness (QED) is 0.776. The minimum absolute atomic E-state index is 0.174. The van der Waals surface area contributed by atoms with E-state index < -0.39 is 0 Å². The van der Waals surface area contributed by atoms with Crippen molar-refractivity contribution in [3.05, 3.63) is 28.2 Å². The van der Waals surface area contributed by atoms with Gasteiger partial charge in [-0.05, 0) is 31.0 Å². The standard InChI is InChI=1S/C11H13Cl2N3O/c12-9-2-1-7(5-10(9)13)15-11(17)16-8-3-6(14)4-8/h1-2,5-6,8H,3-4,14H2,(H2,15,16,17). The fraction of sp³-hybridized carbons (Fsp3) is 0.364. The van der Waals surface area contributed by atoms with Crippen LogP contribution in [-0.4, -0.2) is 18.1 Å². The molecular weight excluding hydrogens is 261 g/mol. The highest BCUT2D eigenvalue weighted by molar-refractivity contribution is 6.42.